The van der Waals surface area contributed by atoms with Crippen LogP contribution >= 0.6 is 11.6 Å². The molecule has 3 atom stereocenters. The van der Waals surface area contributed by atoms with Gasteiger partial charge in [0.25, 0.3) is 5.91 Å². The van der Waals surface area contributed by atoms with E-state index in [4.69, 9.17) is 11.6 Å². The Hall–Kier alpha value is -3.36. The number of nitrogens with zero attached hydrogens (tertiary/aromatic N) is 3. The summed E-state index contributed by atoms with van der Waals surface area (Å²) < 4.78 is 84.6. The molecule has 8 nitrogen and oxygen atoms in total. The molecule has 2 aromatic heterocycles. The van der Waals surface area contributed by atoms with Gasteiger partial charge in [-0.15, -0.1) is 0 Å². The molecule has 2 fully saturated rings. The zero-order valence-corrected chi connectivity index (χ0v) is 20.4. The number of fused-ring (bicyclic) bond motifs is 1. The summed E-state index contributed by atoms with van der Waals surface area (Å²) in [5, 5.41) is 20.9. The van der Waals surface area contributed by atoms with Crippen molar-refractivity contribution in [3.63, 3.8) is 0 Å². The van der Waals surface area contributed by atoms with Crippen LogP contribution in [0, 0.1) is 23.4 Å². The van der Waals surface area contributed by atoms with Crippen LogP contribution in [0.4, 0.5) is 32.2 Å². The molecule has 1 amide bonds. The van der Waals surface area contributed by atoms with Crippen LogP contribution in [-0.4, -0.2) is 63.2 Å². The fourth-order valence-corrected chi connectivity index (χ4v) is 4.86. The average Bonchev–Trinajstić information content (AvgIpc) is 3.61. The van der Waals surface area contributed by atoms with Gasteiger partial charge in [-0.2, -0.15) is 13.2 Å². The van der Waals surface area contributed by atoms with Crippen molar-refractivity contribution in [1.29, 1.82) is 0 Å². The minimum Gasteiger partial charge on any atom is -0.389 e. The van der Waals surface area contributed by atoms with Gasteiger partial charge < -0.3 is 20.4 Å². The summed E-state index contributed by atoms with van der Waals surface area (Å²) in [6.07, 6.45) is -6.12. The highest BCUT2D eigenvalue weighted by molar-refractivity contribution is 6.33. The number of anilines is 1. The summed E-state index contributed by atoms with van der Waals surface area (Å²) in [6, 6.07) is -0.574. The molecule has 2 aliphatic rings. The predicted molar refractivity (Wildman–Crippen MR) is 126 cm³/mol. The van der Waals surface area contributed by atoms with Gasteiger partial charge in [0.2, 0.25) is 5.43 Å². The minimum absolute atomic E-state index is 0.0982. The highest BCUT2D eigenvalue weighted by Crippen LogP contribution is 2.40. The third-order valence-corrected chi connectivity index (χ3v) is 6.95. The number of alkyl halides is 3. The van der Waals surface area contributed by atoms with Crippen LogP contribution in [0.1, 0.15) is 23.2 Å². The smallest absolute Gasteiger partial charge is 0.389 e. The number of aromatic nitrogens is 2. The lowest BCUT2D eigenvalue weighted by atomic mass is 10.1. The lowest BCUT2D eigenvalue weighted by Crippen LogP contribution is -2.48. The molecule has 15 heteroatoms. The molecule has 1 aliphatic carbocycles. The first kappa shape index (κ1) is 27.2. The second kappa shape index (κ2) is 9.68. The van der Waals surface area contributed by atoms with E-state index < -0.39 is 81.4 Å². The summed E-state index contributed by atoms with van der Waals surface area (Å²) in [4.78, 5) is 31.8. The molecule has 3 N–H and O–H groups in total. The SMILES string of the molecule is O=C(N[C@@H](C1CC1)C(F)(F)F)c1cn(-c2c(F)cc(F)cc2F)c2nc(N3C[C@@H](O)[C@H](O)C3)c(Cl)cc2c1=O. The molecule has 0 spiro atoms. The molecule has 1 saturated carbocycles. The van der Waals surface area contributed by atoms with E-state index in [9.17, 15) is 46.1 Å². The lowest BCUT2D eigenvalue weighted by molar-refractivity contribution is -0.158. The van der Waals surface area contributed by atoms with Gasteiger partial charge in [-0.25, -0.2) is 18.2 Å². The first-order valence-corrected chi connectivity index (χ1v) is 12.0. The van der Waals surface area contributed by atoms with E-state index in [-0.39, 0.29) is 36.8 Å². The summed E-state index contributed by atoms with van der Waals surface area (Å²) >= 11 is 6.30. The van der Waals surface area contributed by atoms with Crippen molar-refractivity contribution >= 4 is 34.4 Å². The van der Waals surface area contributed by atoms with E-state index in [2.05, 4.69) is 4.98 Å². The highest BCUT2D eigenvalue weighted by Gasteiger charge is 2.50. The number of aliphatic hydroxyl groups excluding tert-OH is 2. The van der Waals surface area contributed by atoms with Gasteiger partial charge in [0.1, 0.15) is 28.9 Å². The van der Waals surface area contributed by atoms with Crippen molar-refractivity contribution in [2.45, 2.75) is 37.3 Å². The second-order valence-corrected chi connectivity index (χ2v) is 9.90. The third kappa shape index (κ3) is 5.03. The van der Waals surface area contributed by atoms with Crippen molar-refractivity contribution in [2.24, 2.45) is 5.92 Å². The topological polar surface area (TPSA) is 108 Å². The number of hydrogen-bond donors (Lipinski definition) is 3. The van der Waals surface area contributed by atoms with Gasteiger partial charge in [-0.1, -0.05) is 11.6 Å². The van der Waals surface area contributed by atoms with Gasteiger partial charge in [-0.3, -0.25) is 14.2 Å². The number of hydrogen-bond acceptors (Lipinski definition) is 6. The molecule has 208 valence electrons. The molecular formula is C24H19ClF6N4O4. The first-order chi connectivity index (χ1) is 18.3. The Morgan fingerprint density at radius 3 is 2.21 bits per heavy atom. The number of benzene rings is 1. The maximum Gasteiger partial charge on any atom is 0.408 e. The molecule has 3 heterocycles. The zero-order chi connectivity index (χ0) is 28.4. The zero-order valence-electron chi connectivity index (χ0n) is 19.6. The molecule has 1 aromatic carbocycles. The Labute approximate surface area is 220 Å². The Morgan fingerprint density at radius 2 is 1.67 bits per heavy atom. The number of amides is 1. The van der Waals surface area contributed by atoms with E-state index in [1.165, 1.54) is 4.90 Å². The van der Waals surface area contributed by atoms with Crippen LogP contribution in [0.25, 0.3) is 16.7 Å². The van der Waals surface area contributed by atoms with Crippen LogP contribution in [0.5, 0.6) is 0 Å². The summed E-state index contributed by atoms with van der Waals surface area (Å²) in [5.74, 6) is -6.61. The monoisotopic (exact) mass is 576 g/mol. The van der Waals surface area contributed by atoms with Crippen LogP contribution in [0.15, 0.2) is 29.2 Å². The van der Waals surface area contributed by atoms with Gasteiger partial charge in [0, 0.05) is 31.4 Å². The average molecular weight is 577 g/mol. The van der Waals surface area contributed by atoms with Gasteiger partial charge in [-0.05, 0) is 24.8 Å². The molecular weight excluding hydrogens is 558 g/mol. The lowest BCUT2D eigenvalue weighted by Gasteiger charge is -2.22. The Morgan fingerprint density at radius 1 is 1.08 bits per heavy atom. The quantitative estimate of drug-likeness (QED) is 0.403. The molecule has 1 aliphatic heterocycles. The highest BCUT2D eigenvalue weighted by atomic mass is 35.5. The largest absolute Gasteiger partial charge is 0.408 e. The summed E-state index contributed by atoms with van der Waals surface area (Å²) in [5.41, 5.74) is -3.45. The Kier molecular flexibility index (Phi) is 6.75. The molecule has 0 bridgehead atoms. The standard InChI is InChI=1S/C24H19ClF6N4O4/c25-13-5-11-19(38)12(23(39)32-20(9-1-2-9)24(29,30)31)6-35(18-14(27)3-10(26)4-15(18)28)21(11)33-22(13)34-7-16(36)17(37)8-34/h3-6,9,16-17,20,36-37H,1-2,7-8H2,(H,32,39)/t16-,17-,20+/m1/s1. The van der Waals surface area contributed by atoms with Crippen molar-refractivity contribution in [1.82, 2.24) is 14.9 Å². The van der Waals surface area contributed by atoms with Crippen LogP contribution in [0.2, 0.25) is 5.02 Å². The molecule has 1 saturated heterocycles. The Balaban J connectivity index is 1.72. The molecule has 5 rings (SSSR count). The molecule has 0 unspecified atom stereocenters. The summed E-state index contributed by atoms with van der Waals surface area (Å²) in [6.45, 7) is -0.271. The fourth-order valence-electron chi connectivity index (χ4n) is 4.59. The maximum absolute atomic E-state index is 14.9. The Bertz CT molecular complexity index is 1510. The molecule has 3 aromatic rings. The number of carbonyl (C=O) groups is 1. The number of pyridine rings is 2. The van der Waals surface area contributed by atoms with Gasteiger partial charge >= 0.3 is 6.18 Å². The fraction of sp³-hybridized carbons (Fsp3) is 0.375. The third-order valence-electron chi connectivity index (χ3n) is 6.67. The van der Waals surface area contributed by atoms with Crippen molar-refractivity contribution in [3.05, 3.63) is 62.7 Å². The number of carbonyl (C=O) groups excluding carboxylic acids is 1. The molecule has 39 heavy (non-hydrogen) atoms. The van der Waals surface area contributed by atoms with Crippen molar-refractivity contribution < 1.29 is 41.4 Å². The number of aliphatic hydroxyl groups is 2. The van der Waals surface area contributed by atoms with Crippen LogP contribution in [0.3, 0.4) is 0 Å². The van der Waals surface area contributed by atoms with Crippen LogP contribution in [-0.2, 0) is 0 Å². The van der Waals surface area contributed by atoms with Crippen molar-refractivity contribution in [2.75, 3.05) is 18.0 Å². The maximum atomic E-state index is 14.9. The number of β-amino-alcohol motifs (C(OH)–C–C–N with tert-alkyl or cyclic N) is 2. The normalized spacial score (nSPS) is 20.5. The van der Waals surface area contributed by atoms with Gasteiger partial charge in [0.15, 0.2) is 17.3 Å². The number of rotatable bonds is 5. The number of nitrogens with one attached hydrogen (secondary N) is 1. The van der Waals surface area contributed by atoms with E-state index in [0.29, 0.717) is 22.9 Å². The van der Waals surface area contributed by atoms with Crippen molar-refractivity contribution in [3.8, 4) is 5.69 Å². The summed E-state index contributed by atoms with van der Waals surface area (Å²) in [7, 11) is 0. The first-order valence-electron chi connectivity index (χ1n) is 11.7. The van der Waals surface area contributed by atoms with E-state index in [1.54, 1.807) is 5.32 Å². The van der Waals surface area contributed by atoms with E-state index in [0.717, 1.165) is 6.07 Å². The molecule has 0 radical (unpaired) electrons. The number of halogens is 7. The predicted octanol–water partition coefficient (Wildman–Crippen LogP) is 3.07. The van der Waals surface area contributed by atoms with Crippen LogP contribution < -0.4 is 15.6 Å². The minimum atomic E-state index is -4.81. The van der Waals surface area contributed by atoms with E-state index in [1.807, 2.05) is 0 Å². The van der Waals surface area contributed by atoms with Gasteiger partial charge in [0.05, 0.1) is 22.6 Å². The second-order valence-electron chi connectivity index (χ2n) is 9.49. The van der Waals surface area contributed by atoms with E-state index >= 15 is 0 Å².